The molecular weight excluding hydrogens is 338 g/mol. The molecule has 1 aliphatic rings. The van der Waals surface area contributed by atoms with E-state index in [0.29, 0.717) is 17.5 Å². The number of carbonyl (C=O) groups is 1. The Morgan fingerprint density at radius 1 is 1.40 bits per heavy atom. The van der Waals surface area contributed by atoms with Crippen LogP contribution in [0.5, 0.6) is 0 Å². The zero-order valence-corrected chi connectivity index (χ0v) is 15.2. The minimum Gasteiger partial charge on any atom is -0.357 e. The van der Waals surface area contributed by atoms with Crippen LogP contribution in [0.15, 0.2) is 36.8 Å². The van der Waals surface area contributed by atoms with Crippen LogP contribution in [-0.4, -0.2) is 40.3 Å². The van der Waals surface area contributed by atoms with E-state index < -0.39 is 0 Å². The number of aromatic nitrogens is 3. The average molecular weight is 362 g/mol. The van der Waals surface area contributed by atoms with Gasteiger partial charge in [-0.25, -0.2) is 4.98 Å². The Labute approximate surface area is 153 Å². The Morgan fingerprint density at radius 2 is 2.20 bits per heavy atom. The molecule has 7 heteroatoms. The summed E-state index contributed by atoms with van der Waals surface area (Å²) in [5.41, 5.74) is 0. The third-order valence-electron chi connectivity index (χ3n) is 4.58. The zero-order chi connectivity index (χ0) is 17.6. The summed E-state index contributed by atoms with van der Waals surface area (Å²) in [7, 11) is 0. The van der Waals surface area contributed by atoms with Crippen molar-refractivity contribution in [1.29, 1.82) is 0 Å². The smallest absolute Gasteiger partial charge is 0.223 e. The number of nitrogens with zero attached hydrogens (tertiary/aromatic N) is 4. The second kappa shape index (κ2) is 8.34. The van der Waals surface area contributed by atoms with E-state index in [9.17, 15) is 4.79 Å². The van der Waals surface area contributed by atoms with Crippen LogP contribution in [0.1, 0.15) is 19.8 Å². The van der Waals surface area contributed by atoms with E-state index in [4.69, 9.17) is 11.6 Å². The first-order valence-electron chi connectivity index (χ1n) is 8.73. The van der Waals surface area contributed by atoms with Gasteiger partial charge in [-0.1, -0.05) is 18.5 Å². The SMILES string of the molecule is CC(CNC(=O)C1CCN(c2ccc(Cl)cn2)CC1)Cn1cccn1. The highest BCUT2D eigenvalue weighted by atomic mass is 35.5. The molecule has 1 aliphatic heterocycles. The zero-order valence-electron chi connectivity index (χ0n) is 14.4. The van der Waals surface area contributed by atoms with E-state index in [2.05, 4.69) is 27.2 Å². The summed E-state index contributed by atoms with van der Waals surface area (Å²) in [5.74, 6) is 1.52. The summed E-state index contributed by atoms with van der Waals surface area (Å²) in [5, 5.41) is 7.94. The average Bonchev–Trinajstić information content (AvgIpc) is 3.13. The predicted molar refractivity (Wildman–Crippen MR) is 98.6 cm³/mol. The molecule has 3 heterocycles. The number of pyridine rings is 1. The number of hydrogen-bond acceptors (Lipinski definition) is 4. The van der Waals surface area contributed by atoms with Crippen molar-refractivity contribution in [2.75, 3.05) is 24.5 Å². The fourth-order valence-electron chi connectivity index (χ4n) is 3.14. The van der Waals surface area contributed by atoms with Crippen LogP contribution in [0.25, 0.3) is 0 Å². The second-order valence-electron chi connectivity index (χ2n) is 6.67. The maximum Gasteiger partial charge on any atom is 0.223 e. The topological polar surface area (TPSA) is 63.1 Å². The van der Waals surface area contributed by atoms with Gasteiger partial charge in [-0.05, 0) is 37.0 Å². The lowest BCUT2D eigenvalue weighted by atomic mass is 9.95. The number of nitrogens with one attached hydrogen (secondary N) is 1. The first kappa shape index (κ1) is 17.7. The van der Waals surface area contributed by atoms with Crippen molar-refractivity contribution in [2.45, 2.75) is 26.3 Å². The van der Waals surface area contributed by atoms with Gasteiger partial charge in [0.1, 0.15) is 5.82 Å². The molecule has 1 fully saturated rings. The molecule has 0 saturated carbocycles. The number of carbonyl (C=O) groups excluding carboxylic acids is 1. The first-order valence-corrected chi connectivity index (χ1v) is 9.11. The van der Waals surface area contributed by atoms with E-state index in [1.54, 1.807) is 12.4 Å². The normalized spacial score (nSPS) is 16.6. The monoisotopic (exact) mass is 361 g/mol. The molecule has 1 N–H and O–H groups in total. The maximum absolute atomic E-state index is 12.4. The molecule has 0 radical (unpaired) electrons. The number of amides is 1. The van der Waals surface area contributed by atoms with Crippen molar-refractivity contribution in [3.8, 4) is 0 Å². The number of piperidine rings is 1. The summed E-state index contributed by atoms with van der Waals surface area (Å²) in [6.45, 7) is 5.30. The summed E-state index contributed by atoms with van der Waals surface area (Å²) < 4.78 is 1.90. The van der Waals surface area contributed by atoms with E-state index in [-0.39, 0.29) is 11.8 Å². The van der Waals surface area contributed by atoms with Gasteiger partial charge in [-0.3, -0.25) is 9.48 Å². The molecule has 134 valence electrons. The van der Waals surface area contributed by atoms with Crippen LogP contribution in [-0.2, 0) is 11.3 Å². The van der Waals surface area contributed by atoms with Crippen molar-refractivity contribution in [2.24, 2.45) is 11.8 Å². The van der Waals surface area contributed by atoms with Gasteiger partial charge in [-0.15, -0.1) is 0 Å². The molecule has 1 unspecified atom stereocenters. The van der Waals surface area contributed by atoms with Gasteiger partial charge in [0.2, 0.25) is 5.91 Å². The van der Waals surface area contributed by atoms with Crippen molar-refractivity contribution in [3.05, 3.63) is 41.8 Å². The fraction of sp³-hybridized carbons (Fsp3) is 0.500. The van der Waals surface area contributed by atoms with E-state index in [1.807, 2.05) is 29.1 Å². The highest BCUT2D eigenvalue weighted by Gasteiger charge is 2.25. The van der Waals surface area contributed by atoms with Gasteiger partial charge in [0.25, 0.3) is 0 Å². The van der Waals surface area contributed by atoms with Gasteiger partial charge in [0.15, 0.2) is 0 Å². The van der Waals surface area contributed by atoms with Crippen LogP contribution in [0.3, 0.4) is 0 Å². The Bertz CT molecular complexity index is 665. The molecule has 1 atom stereocenters. The number of hydrogen-bond donors (Lipinski definition) is 1. The Morgan fingerprint density at radius 3 is 2.84 bits per heavy atom. The van der Waals surface area contributed by atoms with Crippen LogP contribution >= 0.6 is 11.6 Å². The lowest BCUT2D eigenvalue weighted by molar-refractivity contribution is -0.125. The van der Waals surface area contributed by atoms with Crippen LogP contribution < -0.4 is 10.2 Å². The van der Waals surface area contributed by atoms with Crippen molar-refractivity contribution < 1.29 is 4.79 Å². The molecule has 0 aliphatic carbocycles. The minimum absolute atomic E-state index is 0.0838. The number of rotatable bonds is 6. The Balaban J connectivity index is 1.41. The quantitative estimate of drug-likeness (QED) is 0.859. The Hall–Kier alpha value is -2.08. The van der Waals surface area contributed by atoms with Gasteiger partial charge in [-0.2, -0.15) is 5.10 Å². The molecule has 0 aromatic carbocycles. The summed E-state index contributed by atoms with van der Waals surface area (Å²) >= 11 is 5.88. The van der Waals surface area contributed by atoms with Gasteiger partial charge in [0.05, 0.1) is 5.02 Å². The second-order valence-corrected chi connectivity index (χ2v) is 7.11. The lowest BCUT2D eigenvalue weighted by Gasteiger charge is -2.32. The van der Waals surface area contributed by atoms with Gasteiger partial charge < -0.3 is 10.2 Å². The third kappa shape index (κ3) is 4.95. The van der Waals surface area contributed by atoms with Crippen LogP contribution in [0, 0.1) is 11.8 Å². The molecular formula is C18H24ClN5O. The van der Waals surface area contributed by atoms with Crippen molar-refractivity contribution in [3.63, 3.8) is 0 Å². The minimum atomic E-state index is 0.0838. The highest BCUT2D eigenvalue weighted by Crippen LogP contribution is 2.22. The molecule has 0 spiro atoms. The van der Waals surface area contributed by atoms with Crippen molar-refractivity contribution in [1.82, 2.24) is 20.1 Å². The Kier molecular flexibility index (Phi) is 5.91. The van der Waals surface area contributed by atoms with E-state index in [0.717, 1.165) is 38.3 Å². The summed E-state index contributed by atoms with van der Waals surface area (Å²) in [4.78, 5) is 19.0. The maximum atomic E-state index is 12.4. The summed E-state index contributed by atoms with van der Waals surface area (Å²) in [6.07, 6.45) is 7.08. The van der Waals surface area contributed by atoms with Crippen LogP contribution in [0.4, 0.5) is 5.82 Å². The largest absolute Gasteiger partial charge is 0.357 e. The molecule has 1 amide bonds. The highest BCUT2D eigenvalue weighted by molar-refractivity contribution is 6.30. The molecule has 3 rings (SSSR count). The van der Waals surface area contributed by atoms with Crippen LogP contribution in [0.2, 0.25) is 5.02 Å². The standard InChI is InChI=1S/C18H24ClN5O/c1-14(13-24-8-2-7-22-24)11-21-18(25)15-5-9-23(10-6-15)17-4-3-16(19)12-20-17/h2-4,7-8,12,14-15H,5-6,9-11,13H2,1H3,(H,21,25). The molecule has 6 nitrogen and oxygen atoms in total. The fourth-order valence-corrected chi connectivity index (χ4v) is 3.25. The van der Waals surface area contributed by atoms with Crippen molar-refractivity contribution >= 4 is 23.3 Å². The molecule has 1 saturated heterocycles. The third-order valence-corrected chi connectivity index (χ3v) is 4.81. The molecule has 2 aromatic heterocycles. The predicted octanol–water partition coefficient (Wildman–Crippen LogP) is 2.60. The number of anilines is 1. The number of halogens is 1. The van der Waals surface area contributed by atoms with E-state index >= 15 is 0 Å². The first-order chi connectivity index (χ1) is 12.1. The van der Waals surface area contributed by atoms with Gasteiger partial charge in [0, 0.05) is 50.7 Å². The summed E-state index contributed by atoms with van der Waals surface area (Å²) in [6, 6.07) is 5.69. The molecule has 2 aromatic rings. The van der Waals surface area contributed by atoms with Gasteiger partial charge >= 0.3 is 0 Å². The molecule has 25 heavy (non-hydrogen) atoms. The van der Waals surface area contributed by atoms with E-state index in [1.165, 1.54) is 0 Å². The lowest BCUT2D eigenvalue weighted by Crippen LogP contribution is -2.42. The molecule has 0 bridgehead atoms.